The molecule has 21 heavy (non-hydrogen) atoms. The molecule has 0 spiro atoms. The van der Waals surface area contributed by atoms with Crippen LogP contribution in [0.5, 0.6) is 0 Å². The van der Waals surface area contributed by atoms with Crippen molar-refractivity contribution in [3.05, 3.63) is 41.7 Å². The second-order valence-electron chi connectivity index (χ2n) is 5.66. The first-order chi connectivity index (χ1) is 10.2. The van der Waals surface area contributed by atoms with Crippen LogP contribution >= 0.6 is 0 Å². The van der Waals surface area contributed by atoms with Gasteiger partial charge in [0.1, 0.15) is 17.5 Å². The van der Waals surface area contributed by atoms with Gasteiger partial charge in [-0.2, -0.15) is 0 Å². The molecule has 4 nitrogen and oxygen atoms in total. The molecule has 0 radical (unpaired) electrons. The second kappa shape index (κ2) is 5.72. The summed E-state index contributed by atoms with van der Waals surface area (Å²) >= 11 is 0. The molecule has 0 bridgehead atoms. The van der Waals surface area contributed by atoms with Gasteiger partial charge in [0.05, 0.1) is 0 Å². The molecule has 0 aliphatic heterocycles. The minimum Gasteiger partial charge on any atom is -0.367 e. The Morgan fingerprint density at radius 2 is 2.00 bits per heavy atom. The number of aryl methyl sites for hydroxylation is 2. The van der Waals surface area contributed by atoms with E-state index in [1.54, 1.807) is 0 Å². The third-order valence-corrected chi connectivity index (χ3v) is 3.66. The van der Waals surface area contributed by atoms with Gasteiger partial charge in [0.2, 0.25) is 0 Å². The van der Waals surface area contributed by atoms with Crippen LogP contribution in [-0.2, 0) is 0 Å². The molecular formula is C17H22N4. The highest BCUT2D eigenvalue weighted by molar-refractivity contribution is 5.63. The topological polar surface area (TPSA) is 41.0 Å². The molecule has 2 aromatic rings. The highest BCUT2D eigenvalue weighted by Gasteiger charge is 2.22. The van der Waals surface area contributed by atoms with Gasteiger partial charge in [0, 0.05) is 24.3 Å². The van der Waals surface area contributed by atoms with Crippen molar-refractivity contribution in [3.63, 3.8) is 0 Å². The molecular weight excluding hydrogens is 260 g/mol. The standard InChI is InChI=1S/C17H22N4/c1-4-21(15-7-5-6-12(2)10-15)17-11-16(18-13(3)19-17)20-14-8-9-14/h5-7,10-11,14H,4,8-9H2,1-3H3,(H,18,19,20). The second-order valence-corrected chi connectivity index (χ2v) is 5.66. The van der Waals surface area contributed by atoms with Crippen molar-refractivity contribution in [2.75, 3.05) is 16.8 Å². The van der Waals surface area contributed by atoms with Gasteiger partial charge in [0.15, 0.2) is 0 Å². The first kappa shape index (κ1) is 13.9. The van der Waals surface area contributed by atoms with Gasteiger partial charge in [-0.05, 0) is 51.3 Å². The lowest BCUT2D eigenvalue weighted by Gasteiger charge is -2.23. The van der Waals surface area contributed by atoms with Crippen LogP contribution in [0.15, 0.2) is 30.3 Å². The highest BCUT2D eigenvalue weighted by atomic mass is 15.2. The molecule has 1 heterocycles. The first-order valence-electron chi connectivity index (χ1n) is 7.62. The summed E-state index contributed by atoms with van der Waals surface area (Å²) in [5.41, 5.74) is 2.43. The van der Waals surface area contributed by atoms with E-state index in [2.05, 4.69) is 64.4 Å². The summed E-state index contributed by atoms with van der Waals surface area (Å²) in [5.74, 6) is 2.70. The predicted molar refractivity (Wildman–Crippen MR) is 87.3 cm³/mol. The minimum atomic E-state index is 0.598. The Morgan fingerprint density at radius 3 is 2.67 bits per heavy atom. The van der Waals surface area contributed by atoms with E-state index in [0.29, 0.717) is 6.04 Å². The summed E-state index contributed by atoms with van der Waals surface area (Å²) in [6, 6.07) is 11.2. The van der Waals surface area contributed by atoms with Gasteiger partial charge >= 0.3 is 0 Å². The fourth-order valence-electron chi connectivity index (χ4n) is 2.47. The van der Waals surface area contributed by atoms with Crippen molar-refractivity contribution < 1.29 is 0 Å². The van der Waals surface area contributed by atoms with Crippen LogP contribution < -0.4 is 10.2 Å². The van der Waals surface area contributed by atoms with Crippen LogP contribution in [0.4, 0.5) is 17.3 Å². The number of hydrogen-bond acceptors (Lipinski definition) is 4. The lowest BCUT2D eigenvalue weighted by molar-refractivity contribution is 0.945. The quantitative estimate of drug-likeness (QED) is 0.905. The van der Waals surface area contributed by atoms with Crippen LogP contribution in [0.2, 0.25) is 0 Å². The van der Waals surface area contributed by atoms with E-state index in [1.165, 1.54) is 24.1 Å². The Balaban J connectivity index is 1.93. The van der Waals surface area contributed by atoms with Crippen LogP contribution in [0.1, 0.15) is 31.2 Å². The van der Waals surface area contributed by atoms with Crippen molar-refractivity contribution in [1.29, 1.82) is 0 Å². The van der Waals surface area contributed by atoms with Gasteiger partial charge in [0.25, 0.3) is 0 Å². The van der Waals surface area contributed by atoms with Gasteiger partial charge in [-0.1, -0.05) is 12.1 Å². The van der Waals surface area contributed by atoms with Crippen molar-refractivity contribution in [1.82, 2.24) is 9.97 Å². The maximum atomic E-state index is 4.61. The van der Waals surface area contributed by atoms with E-state index in [4.69, 9.17) is 0 Å². The van der Waals surface area contributed by atoms with Crippen LogP contribution in [0.25, 0.3) is 0 Å². The number of rotatable bonds is 5. The van der Waals surface area contributed by atoms with E-state index in [-0.39, 0.29) is 0 Å². The molecule has 1 saturated carbocycles. The van der Waals surface area contributed by atoms with E-state index < -0.39 is 0 Å². The average Bonchev–Trinajstić information content (AvgIpc) is 3.23. The number of anilines is 3. The van der Waals surface area contributed by atoms with Crippen molar-refractivity contribution in [2.24, 2.45) is 0 Å². The molecule has 0 saturated heterocycles. The summed E-state index contributed by atoms with van der Waals surface area (Å²) in [6.07, 6.45) is 2.49. The maximum Gasteiger partial charge on any atom is 0.138 e. The van der Waals surface area contributed by atoms with Crippen LogP contribution in [-0.4, -0.2) is 22.6 Å². The van der Waals surface area contributed by atoms with Gasteiger partial charge in [-0.25, -0.2) is 9.97 Å². The maximum absolute atomic E-state index is 4.61. The SMILES string of the molecule is CCN(c1cccc(C)c1)c1cc(NC2CC2)nc(C)n1. The van der Waals surface area contributed by atoms with E-state index in [9.17, 15) is 0 Å². The first-order valence-corrected chi connectivity index (χ1v) is 7.62. The summed E-state index contributed by atoms with van der Waals surface area (Å²) < 4.78 is 0. The summed E-state index contributed by atoms with van der Waals surface area (Å²) in [7, 11) is 0. The molecule has 0 atom stereocenters. The Labute approximate surface area is 126 Å². The van der Waals surface area contributed by atoms with Crippen LogP contribution in [0, 0.1) is 13.8 Å². The van der Waals surface area contributed by atoms with Crippen molar-refractivity contribution in [3.8, 4) is 0 Å². The number of hydrogen-bond donors (Lipinski definition) is 1. The Bertz CT molecular complexity index is 634. The molecule has 1 aromatic carbocycles. The molecule has 3 rings (SSSR count). The molecule has 1 N–H and O–H groups in total. The Morgan fingerprint density at radius 1 is 1.19 bits per heavy atom. The smallest absolute Gasteiger partial charge is 0.138 e. The summed E-state index contributed by atoms with van der Waals surface area (Å²) in [5, 5.41) is 3.46. The van der Waals surface area contributed by atoms with Crippen molar-refractivity contribution in [2.45, 2.75) is 39.7 Å². The predicted octanol–water partition coefficient (Wildman–Crippen LogP) is 3.83. The fourth-order valence-corrected chi connectivity index (χ4v) is 2.47. The van der Waals surface area contributed by atoms with Crippen molar-refractivity contribution >= 4 is 17.3 Å². The average molecular weight is 282 g/mol. The lowest BCUT2D eigenvalue weighted by Crippen LogP contribution is -2.19. The fraction of sp³-hybridized carbons (Fsp3) is 0.412. The largest absolute Gasteiger partial charge is 0.367 e. The highest BCUT2D eigenvalue weighted by Crippen LogP contribution is 2.28. The van der Waals surface area contributed by atoms with E-state index >= 15 is 0 Å². The zero-order chi connectivity index (χ0) is 14.8. The number of nitrogens with one attached hydrogen (secondary N) is 1. The Hall–Kier alpha value is -2.10. The molecule has 1 aliphatic rings. The molecule has 1 aliphatic carbocycles. The van der Waals surface area contributed by atoms with Gasteiger partial charge in [-0.3, -0.25) is 0 Å². The third-order valence-electron chi connectivity index (χ3n) is 3.66. The van der Waals surface area contributed by atoms with Crippen LogP contribution in [0.3, 0.4) is 0 Å². The number of benzene rings is 1. The van der Waals surface area contributed by atoms with Gasteiger partial charge in [-0.15, -0.1) is 0 Å². The zero-order valence-corrected chi connectivity index (χ0v) is 12.9. The van der Waals surface area contributed by atoms with E-state index in [0.717, 1.165) is 24.0 Å². The molecule has 1 fully saturated rings. The molecule has 0 amide bonds. The number of nitrogens with zero attached hydrogens (tertiary/aromatic N) is 3. The zero-order valence-electron chi connectivity index (χ0n) is 12.9. The summed E-state index contributed by atoms with van der Waals surface area (Å²) in [4.78, 5) is 11.3. The lowest BCUT2D eigenvalue weighted by atomic mass is 10.2. The van der Waals surface area contributed by atoms with E-state index in [1.807, 2.05) is 6.92 Å². The number of aromatic nitrogens is 2. The third kappa shape index (κ3) is 3.32. The summed E-state index contributed by atoms with van der Waals surface area (Å²) in [6.45, 7) is 7.09. The van der Waals surface area contributed by atoms with Gasteiger partial charge < -0.3 is 10.2 Å². The molecule has 0 unspecified atom stereocenters. The minimum absolute atomic E-state index is 0.598. The molecule has 1 aromatic heterocycles. The normalized spacial score (nSPS) is 14.0. The monoisotopic (exact) mass is 282 g/mol. The molecule has 4 heteroatoms. The Kier molecular flexibility index (Phi) is 3.78. The molecule has 110 valence electrons.